The normalized spacial score (nSPS) is 17.1. The number of aromatic nitrogens is 1. The van der Waals surface area contributed by atoms with Crippen LogP contribution in [0.15, 0.2) is 30.5 Å². The highest BCUT2D eigenvalue weighted by molar-refractivity contribution is 5.83. The molecule has 19 heavy (non-hydrogen) atoms. The molecule has 3 rings (SSSR count). The van der Waals surface area contributed by atoms with E-state index in [4.69, 9.17) is 5.73 Å². The predicted molar refractivity (Wildman–Crippen MR) is 81.3 cm³/mol. The monoisotopic (exact) mass is 257 g/mol. The lowest BCUT2D eigenvalue weighted by Crippen LogP contribution is -2.31. The van der Waals surface area contributed by atoms with Crippen LogP contribution in [0.3, 0.4) is 0 Å². The van der Waals surface area contributed by atoms with Crippen molar-refractivity contribution in [1.82, 2.24) is 9.47 Å². The van der Waals surface area contributed by atoms with E-state index in [9.17, 15) is 0 Å². The minimum absolute atomic E-state index is 0.846. The zero-order valence-corrected chi connectivity index (χ0v) is 11.5. The minimum atomic E-state index is 0.846. The molecule has 1 aliphatic heterocycles. The first-order valence-electron chi connectivity index (χ1n) is 7.40. The highest BCUT2D eigenvalue weighted by Gasteiger charge is 2.09. The van der Waals surface area contributed by atoms with Gasteiger partial charge in [-0.2, -0.15) is 0 Å². The Morgan fingerprint density at radius 1 is 1.00 bits per heavy atom. The van der Waals surface area contributed by atoms with E-state index in [2.05, 4.69) is 33.9 Å². The molecule has 0 bridgehead atoms. The molecule has 2 N–H and O–H groups in total. The van der Waals surface area contributed by atoms with Crippen molar-refractivity contribution in [1.29, 1.82) is 0 Å². The van der Waals surface area contributed by atoms with Crippen molar-refractivity contribution < 1.29 is 0 Å². The molecule has 102 valence electrons. The number of fused-ring (bicyclic) bond motifs is 1. The molecule has 0 unspecified atom stereocenters. The standard InChI is InChI=1S/C16H23N3/c17-15-5-6-16-14(13-15)7-12-19(16)11-4-10-18-8-2-1-3-9-18/h5-7,12-13H,1-4,8-11,17H2. The van der Waals surface area contributed by atoms with E-state index in [1.807, 2.05) is 6.07 Å². The molecule has 0 radical (unpaired) electrons. The Balaban J connectivity index is 1.59. The summed E-state index contributed by atoms with van der Waals surface area (Å²) in [6.45, 7) is 4.92. The summed E-state index contributed by atoms with van der Waals surface area (Å²) in [6.07, 6.45) is 7.59. The lowest BCUT2D eigenvalue weighted by Gasteiger charge is -2.26. The number of nitrogen functional groups attached to an aromatic ring is 1. The molecular formula is C16H23N3. The molecule has 1 aromatic heterocycles. The molecule has 1 aromatic carbocycles. The van der Waals surface area contributed by atoms with Gasteiger partial charge in [0.1, 0.15) is 0 Å². The fraction of sp³-hybridized carbons (Fsp3) is 0.500. The largest absolute Gasteiger partial charge is 0.399 e. The molecule has 0 atom stereocenters. The van der Waals surface area contributed by atoms with Gasteiger partial charge in [-0.05, 0) is 63.2 Å². The SMILES string of the molecule is Nc1ccc2c(ccn2CCCN2CCCCC2)c1. The average molecular weight is 257 g/mol. The van der Waals surface area contributed by atoms with Gasteiger partial charge in [-0.15, -0.1) is 0 Å². The van der Waals surface area contributed by atoms with Crippen molar-refractivity contribution in [3.05, 3.63) is 30.5 Å². The lowest BCUT2D eigenvalue weighted by molar-refractivity contribution is 0.223. The maximum atomic E-state index is 5.81. The number of anilines is 1. The quantitative estimate of drug-likeness (QED) is 0.854. The van der Waals surface area contributed by atoms with Crippen molar-refractivity contribution in [3.63, 3.8) is 0 Å². The second kappa shape index (κ2) is 5.66. The van der Waals surface area contributed by atoms with Gasteiger partial charge in [-0.1, -0.05) is 6.42 Å². The van der Waals surface area contributed by atoms with E-state index < -0.39 is 0 Å². The van der Waals surface area contributed by atoms with Crippen LogP contribution in [0.25, 0.3) is 10.9 Å². The van der Waals surface area contributed by atoms with E-state index in [-0.39, 0.29) is 0 Å². The first-order chi connectivity index (χ1) is 9.33. The summed E-state index contributed by atoms with van der Waals surface area (Å²) in [6, 6.07) is 8.33. The van der Waals surface area contributed by atoms with Gasteiger partial charge in [0.2, 0.25) is 0 Å². The minimum Gasteiger partial charge on any atom is -0.399 e. The number of nitrogens with two attached hydrogens (primary N) is 1. The third-order valence-electron chi connectivity index (χ3n) is 4.12. The Morgan fingerprint density at radius 2 is 1.84 bits per heavy atom. The molecule has 3 heteroatoms. The maximum absolute atomic E-state index is 5.81. The van der Waals surface area contributed by atoms with Crippen molar-refractivity contribution in [2.75, 3.05) is 25.4 Å². The second-order valence-electron chi connectivity index (χ2n) is 5.58. The molecule has 0 saturated carbocycles. The van der Waals surface area contributed by atoms with Crippen molar-refractivity contribution >= 4 is 16.6 Å². The third-order valence-corrected chi connectivity index (χ3v) is 4.12. The molecule has 1 saturated heterocycles. The Kier molecular flexibility index (Phi) is 3.74. The molecule has 0 amide bonds. The van der Waals surface area contributed by atoms with Gasteiger partial charge in [-0.25, -0.2) is 0 Å². The zero-order valence-electron chi connectivity index (χ0n) is 11.5. The predicted octanol–water partition coefficient (Wildman–Crippen LogP) is 3.10. The summed E-state index contributed by atoms with van der Waals surface area (Å²) >= 11 is 0. The number of piperidine rings is 1. The zero-order chi connectivity index (χ0) is 13.1. The van der Waals surface area contributed by atoms with Crippen LogP contribution in [0.1, 0.15) is 25.7 Å². The smallest absolute Gasteiger partial charge is 0.0481 e. The summed E-state index contributed by atoms with van der Waals surface area (Å²) in [5.41, 5.74) is 7.96. The van der Waals surface area contributed by atoms with Crippen LogP contribution < -0.4 is 5.73 Å². The van der Waals surface area contributed by atoms with Gasteiger partial charge in [0.05, 0.1) is 0 Å². The van der Waals surface area contributed by atoms with Crippen molar-refractivity contribution in [2.24, 2.45) is 0 Å². The van der Waals surface area contributed by atoms with E-state index in [1.54, 1.807) is 0 Å². The molecule has 3 nitrogen and oxygen atoms in total. The van der Waals surface area contributed by atoms with E-state index in [0.29, 0.717) is 0 Å². The number of nitrogens with zero attached hydrogens (tertiary/aromatic N) is 2. The van der Waals surface area contributed by atoms with Crippen molar-refractivity contribution in [2.45, 2.75) is 32.2 Å². The third kappa shape index (κ3) is 2.92. The van der Waals surface area contributed by atoms with Gasteiger partial charge in [-0.3, -0.25) is 0 Å². The maximum Gasteiger partial charge on any atom is 0.0481 e. The Hall–Kier alpha value is -1.48. The van der Waals surface area contributed by atoms with Crippen LogP contribution in [0.4, 0.5) is 5.69 Å². The Morgan fingerprint density at radius 3 is 2.68 bits per heavy atom. The molecular weight excluding hydrogens is 234 g/mol. The fourth-order valence-electron chi connectivity index (χ4n) is 3.06. The Bertz CT molecular complexity index is 538. The average Bonchev–Trinajstić information content (AvgIpc) is 2.82. The number of hydrogen-bond donors (Lipinski definition) is 1. The summed E-state index contributed by atoms with van der Waals surface area (Å²) in [7, 11) is 0. The topological polar surface area (TPSA) is 34.2 Å². The lowest BCUT2D eigenvalue weighted by atomic mass is 10.1. The summed E-state index contributed by atoms with van der Waals surface area (Å²) in [5.74, 6) is 0. The highest BCUT2D eigenvalue weighted by Crippen LogP contribution is 2.19. The summed E-state index contributed by atoms with van der Waals surface area (Å²) in [5, 5.41) is 1.25. The molecule has 2 heterocycles. The molecule has 0 spiro atoms. The number of benzene rings is 1. The van der Waals surface area contributed by atoms with E-state index >= 15 is 0 Å². The van der Waals surface area contributed by atoms with Crippen LogP contribution >= 0.6 is 0 Å². The second-order valence-corrected chi connectivity index (χ2v) is 5.58. The molecule has 2 aromatic rings. The molecule has 1 fully saturated rings. The van der Waals surface area contributed by atoms with E-state index in [1.165, 1.54) is 56.2 Å². The first-order valence-corrected chi connectivity index (χ1v) is 7.40. The van der Waals surface area contributed by atoms with Gasteiger partial charge in [0, 0.05) is 29.3 Å². The van der Waals surface area contributed by atoms with Gasteiger partial charge >= 0.3 is 0 Å². The number of rotatable bonds is 4. The molecule has 0 aliphatic carbocycles. The molecule has 1 aliphatic rings. The fourth-order valence-corrected chi connectivity index (χ4v) is 3.06. The van der Waals surface area contributed by atoms with Crippen LogP contribution in [0.5, 0.6) is 0 Å². The van der Waals surface area contributed by atoms with Crippen molar-refractivity contribution in [3.8, 4) is 0 Å². The number of hydrogen-bond acceptors (Lipinski definition) is 2. The Labute approximate surface area is 115 Å². The van der Waals surface area contributed by atoms with E-state index in [0.717, 1.165) is 12.2 Å². The van der Waals surface area contributed by atoms with Crippen LogP contribution in [0, 0.1) is 0 Å². The van der Waals surface area contributed by atoms with Gasteiger partial charge < -0.3 is 15.2 Å². The van der Waals surface area contributed by atoms with Crippen LogP contribution in [-0.4, -0.2) is 29.1 Å². The first kappa shape index (κ1) is 12.5. The van der Waals surface area contributed by atoms with Crippen LogP contribution in [-0.2, 0) is 6.54 Å². The summed E-state index contributed by atoms with van der Waals surface area (Å²) in [4.78, 5) is 2.60. The summed E-state index contributed by atoms with van der Waals surface area (Å²) < 4.78 is 2.35. The van der Waals surface area contributed by atoms with Crippen LogP contribution in [0.2, 0.25) is 0 Å². The van der Waals surface area contributed by atoms with Gasteiger partial charge in [0.15, 0.2) is 0 Å². The van der Waals surface area contributed by atoms with Gasteiger partial charge in [0.25, 0.3) is 0 Å². The highest BCUT2D eigenvalue weighted by atomic mass is 15.1. The number of aryl methyl sites for hydroxylation is 1. The number of likely N-dealkylation sites (tertiary alicyclic amines) is 1.